The standard InChI is InChI=1S/C22H28N2O3/c1-16(2)15-27-20-12-7-5-10-18(20)21-23-19-11-6-4-9-17(19)22(25)24(21)13-8-14-26-3/h4-7,9-12,16,21,23H,8,13-15H2,1-3H3. The summed E-state index contributed by atoms with van der Waals surface area (Å²) in [6, 6.07) is 15.6. The molecule has 0 saturated carbocycles. The summed E-state index contributed by atoms with van der Waals surface area (Å²) >= 11 is 0. The fourth-order valence-corrected chi connectivity index (χ4v) is 3.24. The fraction of sp³-hybridized carbons (Fsp3) is 0.409. The maximum absolute atomic E-state index is 13.2. The first-order valence-electron chi connectivity index (χ1n) is 9.49. The van der Waals surface area contributed by atoms with Crippen LogP contribution in [0.2, 0.25) is 0 Å². The molecule has 0 aromatic heterocycles. The first-order valence-corrected chi connectivity index (χ1v) is 9.49. The third-order valence-electron chi connectivity index (χ3n) is 4.56. The molecule has 1 aliphatic heterocycles. The predicted molar refractivity (Wildman–Crippen MR) is 107 cm³/mol. The summed E-state index contributed by atoms with van der Waals surface area (Å²) in [4.78, 5) is 15.1. The number of carbonyl (C=O) groups excluding carboxylic acids is 1. The van der Waals surface area contributed by atoms with Gasteiger partial charge in [-0.3, -0.25) is 4.79 Å². The largest absolute Gasteiger partial charge is 0.493 e. The number of nitrogens with zero attached hydrogens (tertiary/aromatic N) is 1. The molecule has 1 aliphatic rings. The second-order valence-corrected chi connectivity index (χ2v) is 7.18. The van der Waals surface area contributed by atoms with Crippen molar-refractivity contribution in [1.82, 2.24) is 4.90 Å². The Bertz CT molecular complexity index is 776. The number of hydrogen-bond acceptors (Lipinski definition) is 4. The van der Waals surface area contributed by atoms with Crippen molar-refractivity contribution < 1.29 is 14.3 Å². The average molecular weight is 368 g/mol. The SMILES string of the molecule is COCCCN1C(=O)c2ccccc2NC1c1ccccc1OCC(C)C. The van der Waals surface area contributed by atoms with Crippen molar-refractivity contribution in [3.8, 4) is 5.75 Å². The number of ether oxygens (including phenoxy) is 2. The zero-order chi connectivity index (χ0) is 19.2. The molecule has 0 radical (unpaired) electrons. The van der Waals surface area contributed by atoms with Crippen molar-refractivity contribution in [3.05, 3.63) is 59.7 Å². The minimum atomic E-state index is -0.271. The summed E-state index contributed by atoms with van der Waals surface area (Å²) in [6.45, 7) is 6.11. The Morgan fingerprint density at radius 2 is 1.85 bits per heavy atom. The van der Waals surface area contributed by atoms with E-state index in [1.807, 2.05) is 53.4 Å². The molecule has 5 nitrogen and oxygen atoms in total. The molecule has 0 spiro atoms. The van der Waals surface area contributed by atoms with Crippen LogP contribution in [-0.2, 0) is 4.74 Å². The maximum Gasteiger partial charge on any atom is 0.257 e. The third-order valence-corrected chi connectivity index (χ3v) is 4.56. The highest BCUT2D eigenvalue weighted by Crippen LogP contribution is 2.36. The molecule has 3 rings (SSSR count). The molecule has 0 aliphatic carbocycles. The zero-order valence-corrected chi connectivity index (χ0v) is 16.3. The van der Waals surface area contributed by atoms with Gasteiger partial charge in [0.2, 0.25) is 0 Å². The summed E-state index contributed by atoms with van der Waals surface area (Å²) in [5.74, 6) is 1.27. The number of amides is 1. The predicted octanol–water partition coefficient (Wildman–Crippen LogP) is 4.32. The lowest BCUT2D eigenvalue weighted by atomic mass is 10.0. The Balaban J connectivity index is 1.95. The lowest BCUT2D eigenvalue weighted by Gasteiger charge is -2.38. The highest BCUT2D eigenvalue weighted by Gasteiger charge is 2.33. The van der Waals surface area contributed by atoms with Crippen LogP contribution in [0.3, 0.4) is 0 Å². The molecular formula is C22H28N2O3. The van der Waals surface area contributed by atoms with Crippen LogP contribution in [0.4, 0.5) is 5.69 Å². The van der Waals surface area contributed by atoms with Crippen molar-refractivity contribution in [3.63, 3.8) is 0 Å². The van der Waals surface area contributed by atoms with Crippen LogP contribution in [0, 0.1) is 5.92 Å². The second-order valence-electron chi connectivity index (χ2n) is 7.18. The van der Waals surface area contributed by atoms with Gasteiger partial charge < -0.3 is 19.7 Å². The number of anilines is 1. The van der Waals surface area contributed by atoms with Crippen LogP contribution in [0.25, 0.3) is 0 Å². The zero-order valence-electron chi connectivity index (χ0n) is 16.3. The third kappa shape index (κ3) is 4.42. The van der Waals surface area contributed by atoms with E-state index in [1.165, 1.54) is 0 Å². The summed E-state index contributed by atoms with van der Waals surface area (Å²) < 4.78 is 11.2. The van der Waals surface area contributed by atoms with E-state index in [4.69, 9.17) is 9.47 Å². The maximum atomic E-state index is 13.2. The number of fused-ring (bicyclic) bond motifs is 1. The van der Waals surface area contributed by atoms with Gasteiger partial charge in [0.15, 0.2) is 0 Å². The van der Waals surface area contributed by atoms with Crippen molar-refractivity contribution in [2.75, 3.05) is 32.2 Å². The van der Waals surface area contributed by atoms with Gasteiger partial charge in [0.05, 0.1) is 12.2 Å². The molecule has 1 amide bonds. The van der Waals surface area contributed by atoms with Crippen LogP contribution in [0.1, 0.15) is 42.4 Å². The van der Waals surface area contributed by atoms with E-state index < -0.39 is 0 Å². The number of carbonyl (C=O) groups is 1. The number of rotatable bonds is 8. The Morgan fingerprint density at radius 3 is 2.63 bits per heavy atom. The van der Waals surface area contributed by atoms with Crippen LogP contribution in [0.5, 0.6) is 5.75 Å². The van der Waals surface area contributed by atoms with Crippen LogP contribution >= 0.6 is 0 Å². The number of para-hydroxylation sites is 2. The van der Waals surface area contributed by atoms with Crippen LogP contribution < -0.4 is 10.1 Å². The van der Waals surface area contributed by atoms with Gasteiger partial charge in [-0.05, 0) is 30.5 Å². The van der Waals surface area contributed by atoms with Gasteiger partial charge >= 0.3 is 0 Å². The van der Waals surface area contributed by atoms with Gasteiger partial charge in [0.1, 0.15) is 11.9 Å². The average Bonchev–Trinajstić information content (AvgIpc) is 2.68. The molecule has 0 fully saturated rings. The monoisotopic (exact) mass is 368 g/mol. The molecule has 0 bridgehead atoms. The van der Waals surface area contributed by atoms with Gasteiger partial charge in [0, 0.05) is 31.5 Å². The fourth-order valence-electron chi connectivity index (χ4n) is 3.24. The minimum absolute atomic E-state index is 0.0316. The van der Waals surface area contributed by atoms with Gasteiger partial charge in [-0.15, -0.1) is 0 Å². The summed E-state index contributed by atoms with van der Waals surface area (Å²) in [5, 5.41) is 3.53. The van der Waals surface area contributed by atoms with Crippen molar-refractivity contribution in [2.45, 2.75) is 26.4 Å². The summed E-state index contributed by atoms with van der Waals surface area (Å²) in [5.41, 5.74) is 2.53. The Kier molecular flexibility index (Phi) is 6.35. The Morgan fingerprint density at radius 1 is 1.11 bits per heavy atom. The van der Waals surface area contributed by atoms with E-state index in [0.29, 0.717) is 31.2 Å². The normalized spacial score (nSPS) is 16.2. The molecule has 1 unspecified atom stereocenters. The highest BCUT2D eigenvalue weighted by atomic mass is 16.5. The summed E-state index contributed by atoms with van der Waals surface area (Å²) in [7, 11) is 1.68. The topological polar surface area (TPSA) is 50.8 Å². The highest BCUT2D eigenvalue weighted by molar-refractivity contribution is 6.01. The second kappa shape index (κ2) is 8.91. The number of benzene rings is 2. The summed E-state index contributed by atoms with van der Waals surface area (Å²) in [6.07, 6.45) is 0.505. The van der Waals surface area contributed by atoms with Gasteiger partial charge in [0.25, 0.3) is 5.91 Å². The molecule has 5 heteroatoms. The van der Waals surface area contributed by atoms with Gasteiger partial charge in [-0.2, -0.15) is 0 Å². The quantitative estimate of drug-likeness (QED) is 0.705. The van der Waals surface area contributed by atoms with Crippen molar-refractivity contribution in [1.29, 1.82) is 0 Å². The van der Waals surface area contributed by atoms with Crippen molar-refractivity contribution >= 4 is 11.6 Å². The molecular weight excluding hydrogens is 340 g/mol. The molecule has 2 aromatic rings. The molecule has 27 heavy (non-hydrogen) atoms. The molecule has 144 valence electrons. The van der Waals surface area contributed by atoms with Gasteiger partial charge in [-0.25, -0.2) is 0 Å². The molecule has 0 saturated heterocycles. The van der Waals surface area contributed by atoms with E-state index in [1.54, 1.807) is 7.11 Å². The molecule has 2 aromatic carbocycles. The molecule has 1 N–H and O–H groups in total. The van der Waals surface area contributed by atoms with E-state index in [9.17, 15) is 4.79 Å². The van der Waals surface area contributed by atoms with E-state index in [-0.39, 0.29) is 12.1 Å². The van der Waals surface area contributed by atoms with E-state index in [0.717, 1.165) is 23.4 Å². The Hall–Kier alpha value is -2.53. The molecule has 1 heterocycles. The Labute approximate surface area is 161 Å². The first kappa shape index (κ1) is 19.2. The number of hydrogen-bond donors (Lipinski definition) is 1. The van der Waals surface area contributed by atoms with Crippen LogP contribution in [-0.4, -0.2) is 37.7 Å². The van der Waals surface area contributed by atoms with E-state index >= 15 is 0 Å². The van der Waals surface area contributed by atoms with Crippen LogP contribution in [0.15, 0.2) is 48.5 Å². The smallest absolute Gasteiger partial charge is 0.257 e. The first-order chi connectivity index (χ1) is 13.1. The molecule has 1 atom stereocenters. The number of nitrogens with one attached hydrogen (secondary N) is 1. The number of methoxy groups -OCH3 is 1. The van der Waals surface area contributed by atoms with Gasteiger partial charge in [-0.1, -0.05) is 44.2 Å². The lowest BCUT2D eigenvalue weighted by molar-refractivity contribution is 0.0657. The van der Waals surface area contributed by atoms with E-state index in [2.05, 4.69) is 19.2 Å². The lowest BCUT2D eigenvalue weighted by Crippen LogP contribution is -2.43. The minimum Gasteiger partial charge on any atom is -0.493 e. The van der Waals surface area contributed by atoms with Crippen molar-refractivity contribution in [2.24, 2.45) is 5.92 Å².